The highest BCUT2D eigenvalue weighted by Gasteiger charge is 2.07. The monoisotopic (exact) mass is 270 g/mol. The van der Waals surface area contributed by atoms with Gasteiger partial charge in [-0.1, -0.05) is 23.4 Å². The number of amides is 1. The van der Waals surface area contributed by atoms with Crippen molar-refractivity contribution in [3.05, 3.63) is 59.7 Å². The zero-order chi connectivity index (χ0) is 14.5. The molecule has 0 radical (unpaired) electrons. The lowest BCUT2D eigenvalue weighted by Crippen LogP contribution is -2.12. The summed E-state index contributed by atoms with van der Waals surface area (Å²) in [5.41, 5.74) is 2.11. The van der Waals surface area contributed by atoms with E-state index in [1.54, 1.807) is 43.3 Å². The summed E-state index contributed by atoms with van der Waals surface area (Å²) in [6.07, 6.45) is 0. The second-order valence-electron chi connectivity index (χ2n) is 4.27. The number of hydrogen-bond acceptors (Lipinski definition) is 4. The molecule has 0 aliphatic rings. The number of benzene rings is 2. The molecule has 0 fully saturated rings. The second-order valence-corrected chi connectivity index (χ2v) is 4.27. The van der Waals surface area contributed by atoms with Crippen molar-refractivity contribution in [1.82, 2.24) is 0 Å². The van der Waals surface area contributed by atoms with Crippen LogP contribution in [-0.2, 0) is 0 Å². The molecule has 1 amide bonds. The maximum atomic E-state index is 12.0. The lowest BCUT2D eigenvalue weighted by Gasteiger charge is -2.07. The van der Waals surface area contributed by atoms with Crippen molar-refractivity contribution in [1.29, 1.82) is 0 Å². The van der Waals surface area contributed by atoms with Crippen molar-refractivity contribution in [2.45, 2.75) is 6.92 Å². The van der Waals surface area contributed by atoms with Gasteiger partial charge < -0.3 is 15.6 Å². The summed E-state index contributed by atoms with van der Waals surface area (Å²) in [7, 11) is 0. The van der Waals surface area contributed by atoms with Crippen LogP contribution in [0, 0.1) is 0 Å². The Bertz CT molecular complexity index is 666. The van der Waals surface area contributed by atoms with E-state index in [-0.39, 0.29) is 11.7 Å². The fraction of sp³-hybridized carbons (Fsp3) is 0.0667. The molecule has 0 heterocycles. The van der Waals surface area contributed by atoms with E-state index in [9.17, 15) is 9.90 Å². The van der Waals surface area contributed by atoms with Crippen LogP contribution in [0.25, 0.3) is 0 Å². The Labute approximate surface area is 116 Å². The Morgan fingerprint density at radius 2 is 1.80 bits per heavy atom. The summed E-state index contributed by atoms with van der Waals surface area (Å²) in [5, 5.41) is 23.9. The topological polar surface area (TPSA) is 81.9 Å². The van der Waals surface area contributed by atoms with Gasteiger partial charge in [-0.15, -0.1) is 0 Å². The minimum Gasteiger partial charge on any atom is -0.508 e. The Morgan fingerprint density at radius 3 is 2.50 bits per heavy atom. The number of hydrogen-bond donors (Lipinski definition) is 3. The average molecular weight is 270 g/mol. The highest BCUT2D eigenvalue weighted by atomic mass is 16.4. The van der Waals surface area contributed by atoms with E-state index in [2.05, 4.69) is 10.5 Å². The molecule has 20 heavy (non-hydrogen) atoms. The minimum absolute atomic E-state index is 0.0367. The normalized spacial score (nSPS) is 11.2. The maximum absolute atomic E-state index is 12.0. The van der Waals surface area contributed by atoms with Gasteiger partial charge in [-0.25, -0.2) is 0 Å². The molecule has 2 aromatic rings. The van der Waals surface area contributed by atoms with Crippen molar-refractivity contribution >= 4 is 17.3 Å². The van der Waals surface area contributed by atoms with Gasteiger partial charge >= 0.3 is 0 Å². The van der Waals surface area contributed by atoms with Crippen LogP contribution < -0.4 is 5.32 Å². The molecule has 0 aliphatic heterocycles. The van der Waals surface area contributed by atoms with Gasteiger partial charge in [0, 0.05) is 16.8 Å². The molecule has 0 aromatic heterocycles. The minimum atomic E-state index is -0.323. The molecule has 0 saturated carbocycles. The van der Waals surface area contributed by atoms with E-state index >= 15 is 0 Å². The predicted molar refractivity (Wildman–Crippen MR) is 76.5 cm³/mol. The SMILES string of the molecule is C/C(=N\O)c1cccc(NC(=O)c2cccc(O)c2)c1. The molecule has 0 unspecified atom stereocenters. The number of phenolic OH excluding ortho intramolecular Hbond substituents is 1. The molecular weight excluding hydrogens is 256 g/mol. The Kier molecular flexibility index (Phi) is 4.00. The van der Waals surface area contributed by atoms with Crippen molar-refractivity contribution in [3.8, 4) is 5.75 Å². The molecule has 0 spiro atoms. The van der Waals surface area contributed by atoms with Crippen LogP contribution in [0.2, 0.25) is 0 Å². The number of phenols is 1. The molecule has 0 atom stereocenters. The van der Waals surface area contributed by atoms with E-state index in [1.165, 1.54) is 12.1 Å². The van der Waals surface area contributed by atoms with Gasteiger partial charge in [0.05, 0.1) is 5.71 Å². The third-order valence-corrected chi connectivity index (χ3v) is 2.80. The van der Waals surface area contributed by atoms with Gasteiger partial charge in [-0.05, 0) is 37.3 Å². The first-order valence-corrected chi connectivity index (χ1v) is 5.99. The van der Waals surface area contributed by atoms with Crippen LogP contribution in [-0.4, -0.2) is 21.9 Å². The van der Waals surface area contributed by atoms with E-state index in [4.69, 9.17) is 5.21 Å². The number of oxime groups is 1. The summed E-state index contributed by atoms with van der Waals surface area (Å²) in [6.45, 7) is 1.66. The van der Waals surface area contributed by atoms with Crippen LogP contribution in [0.3, 0.4) is 0 Å². The van der Waals surface area contributed by atoms with Gasteiger partial charge in [-0.2, -0.15) is 0 Å². The first kappa shape index (κ1) is 13.6. The van der Waals surface area contributed by atoms with E-state index in [0.29, 0.717) is 22.5 Å². The summed E-state index contributed by atoms with van der Waals surface area (Å²) >= 11 is 0. The third kappa shape index (κ3) is 3.14. The van der Waals surface area contributed by atoms with E-state index in [0.717, 1.165) is 0 Å². The zero-order valence-corrected chi connectivity index (χ0v) is 10.9. The van der Waals surface area contributed by atoms with Gasteiger partial charge in [0.25, 0.3) is 5.91 Å². The summed E-state index contributed by atoms with van der Waals surface area (Å²) < 4.78 is 0. The molecule has 2 rings (SSSR count). The van der Waals surface area contributed by atoms with Crippen molar-refractivity contribution in [2.75, 3.05) is 5.32 Å². The number of carbonyl (C=O) groups excluding carboxylic acids is 1. The lowest BCUT2D eigenvalue weighted by atomic mass is 10.1. The van der Waals surface area contributed by atoms with Gasteiger partial charge in [-0.3, -0.25) is 4.79 Å². The number of aromatic hydroxyl groups is 1. The average Bonchev–Trinajstić information content (AvgIpc) is 2.46. The van der Waals surface area contributed by atoms with Crippen LogP contribution in [0.4, 0.5) is 5.69 Å². The van der Waals surface area contributed by atoms with Crippen LogP contribution in [0.5, 0.6) is 5.75 Å². The molecule has 0 aliphatic carbocycles. The zero-order valence-electron chi connectivity index (χ0n) is 10.9. The third-order valence-electron chi connectivity index (χ3n) is 2.80. The smallest absolute Gasteiger partial charge is 0.255 e. The van der Waals surface area contributed by atoms with E-state index < -0.39 is 0 Å². The first-order valence-electron chi connectivity index (χ1n) is 5.99. The van der Waals surface area contributed by atoms with Crippen LogP contribution in [0.15, 0.2) is 53.7 Å². The largest absolute Gasteiger partial charge is 0.508 e. The first-order chi connectivity index (χ1) is 9.60. The van der Waals surface area contributed by atoms with Crippen LogP contribution in [0.1, 0.15) is 22.8 Å². The maximum Gasteiger partial charge on any atom is 0.255 e. The quantitative estimate of drug-likeness (QED) is 0.455. The number of anilines is 1. The van der Waals surface area contributed by atoms with Crippen molar-refractivity contribution < 1.29 is 15.1 Å². The van der Waals surface area contributed by atoms with Crippen molar-refractivity contribution in [3.63, 3.8) is 0 Å². The highest BCUT2D eigenvalue weighted by Crippen LogP contribution is 2.15. The molecule has 5 nitrogen and oxygen atoms in total. The van der Waals surface area contributed by atoms with Gasteiger partial charge in [0.1, 0.15) is 5.75 Å². The molecule has 0 saturated heterocycles. The fourth-order valence-electron chi connectivity index (χ4n) is 1.73. The lowest BCUT2D eigenvalue weighted by molar-refractivity contribution is 0.102. The number of carbonyl (C=O) groups is 1. The van der Waals surface area contributed by atoms with Gasteiger partial charge in [0.2, 0.25) is 0 Å². The molecule has 3 N–H and O–H groups in total. The molecule has 5 heteroatoms. The number of nitrogens with zero attached hydrogens (tertiary/aromatic N) is 1. The molecular formula is C15H14N2O3. The highest BCUT2D eigenvalue weighted by molar-refractivity contribution is 6.05. The Morgan fingerprint density at radius 1 is 1.10 bits per heavy atom. The number of nitrogens with one attached hydrogen (secondary N) is 1. The number of rotatable bonds is 3. The van der Waals surface area contributed by atoms with Crippen molar-refractivity contribution in [2.24, 2.45) is 5.16 Å². The fourth-order valence-corrected chi connectivity index (χ4v) is 1.73. The van der Waals surface area contributed by atoms with Crippen LogP contribution >= 0.6 is 0 Å². The Hall–Kier alpha value is -2.82. The summed E-state index contributed by atoms with van der Waals surface area (Å²) in [5.74, 6) is -0.286. The summed E-state index contributed by atoms with van der Waals surface area (Å²) in [4.78, 5) is 12.0. The summed E-state index contributed by atoms with van der Waals surface area (Å²) in [6, 6.07) is 13.1. The van der Waals surface area contributed by atoms with Gasteiger partial charge in [0.15, 0.2) is 0 Å². The Balaban J connectivity index is 2.20. The standard InChI is InChI=1S/C15H14N2O3/c1-10(17-20)11-4-2-6-13(8-11)16-15(19)12-5-3-7-14(18)9-12/h2-9,18,20H,1H3,(H,16,19)/b17-10+. The molecule has 102 valence electrons. The molecule has 0 bridgehead atoms. The molecule has 2 aromatic carbocycles. The van der Waals surface area contributed by atoms with E-state index in [1.807, 2.05) is 0 Å². The second kappa shape index (κ2) is 5.88. The predicted octanol–water partition coefficient (Wildman–Crippen LogP) is 2.84.